The van der Waals surface area contributed by atoms with Crippen LogP contribution in [0.15, 0.2) is 30.3 Å². The fourth-order valence-corrected chi connectivity index (χ4v) is 2.12. The summed E-state index contributed by atoms with van der Waals surface area (Å²) in [4.78, 5) is 4.03. The SMILES string of the molecule is Cc1cc2c(cc1F)nc(N)n2-c1ccc(F)c(F)c1. The van der Waals surface area contributed by atoms with Crippen molar-refractivity contribution in [1.29, 1.82) is 0 Å². The Morgan fingerprint density at radius 1 is 1.00 bits per heavy atom. The molecule has 0 amide bonds. The van der Waals surface area contributed by atoms with Crippen LogP contribution in [0.3, 0.4) is 0 Å². The van der Waals surface area contributed by atoms with Crippen molar-refractivity contribution in [2.24, 2.45) is 0 Å². The molecular formula is C14H10F3N3. The maximum atomic E-state index is 13.5. The van der Waals surface area contributed by atoms with Crippen LogP contribution in [0.1, 0.15) is 5.56 Å². The summed E-state index contributed by atoms with van der Waals surface area (Å²) < 4.78 is 41.3. The number of nitrogens with two attached hydrogens (primary N) is 1. The van der Waals surface area contributed by atoms with Crippen molar-refractivity contribution in [3.63, 3.8) is 0 Å². The molecule has 1 heterocycles. The van der Waals surface area contributed by atoms with Crippen molar-refractivity contribution in [1.82, 2.24) is 9.55 Å². The van der Waals surface area contributed by atoms with E-state index in [1.807, 2.05) is 0 Å². The van der Waals surface area contributed by atoms with E-state index in [-0.39, 0.29) is 5.95 Å². The van der Waals surface area contributed by atoms with Gasteiger partial charge in [0.2, 0.25) is 5.95 Å². The van der Waals surface area contributed by atoms with Crippen LogP contribution in [-0.2, 0) is 0 Å². The second kappa shape index (κ2) is 4.26. The van der Waals surface area contributed by atoms with Crippen molar-refractivity contribution in [2.75, 3.05) is 5.73 Å². The van der Waals surface area contributed by atoms with Crippen LogP contribution < -0.4 is 5.73 Å². The lowest BCUT2D eigenvalue weighted by molar-refractivity contribution is 0.508. The van der Waals surface area contributed by atoms with Crippen molar-refractivity contribution in [2.45, 2.75) is 6.92 Å². The highest BCUT2D eigenvalue weighted by Crippen LogP contribution is 2.26. The molecule has 1 aromatic heterocycles. The second-order valence-electron chi connectivity index (χ2n) is 4.49. The van der Waals surface area contributed by atoms with E-state index < -0.39 is 17.5 Å². The van der Waals surface area contributed by atoms with Crippen molar-refractivity contribution >= 4 is 17.0 Å². The lowest BCUT2D eigenvalue weighted by Gasteiger charge is -2.07. The molecule has 0 aliphatic heterocycles. The first-order chi connectivity index (χ1) is 9.47. The number of nitrogens with zero attached hydrogens (tertiary/aromatic N) is 2. The molecule has 6 heteroatoms. The zero-order chi connectivity index (χ0) is 14.4. The molecule has 0 spiro atoms. The first-order valence-electron chi connectivity index (χ1n) is 5.87. The van der Waals surface area contributed by atoms with E-state index >= 15 is 0 Å². The number of nitrogen functional groups attached to an aromatic ring is 1. The highest BCUT2D eigenvalue weighted by molar-refractivity contribution is 5.81. The first kappa shape index (κ1) is 12.5. The third kappa shape index (κ3) is 1.80. The molecule has 0 aliphatic carbocycles. The van der Waals surface area contributed by atoms with Crippen LogP contribution in [0.4, 0.5) is 19.1 Å². The lowest BCUT2D eigenvalue weighted by Crippen LogP contribution is -2.01. The van der Waals surface area contributed by atoms with Gasteiger partial charge >= 0.3 is 0 Å². The molecule has 0 bridgehead atoms. The summed E-state index contributed by atoms with van der Waals surface area (Å²) in [6.07, 6.45) is 0. The number of rotatable bonds is 1. The number of anilines is 1. The Balaban J connectivity index is 2.32. The van der Waals surface area contributed by atoms with E-state index in [9.17, 15) is 13.2 Å². The molecule has 3 aromatic rings. The van der Waals surface area contributed by atoms with Crippen LogP contribution in [0.2, 0.25) is 0 Å². The molecule has 0 saturated carbocycles. The average molecular weight is 277 g/mol. The quantitative estimate of drug-likeness (QED) is 0.741. The van der Waals surface area contributed by atoms with Gasteiger partial charge < -0.3 is 5.73 Å². The van der Waals surface area contributed by atoms with E-state index in [0.29, 0.717) is 22.3 Å². The number of aryl methyl sites for hydroxylation is 1. The van der Waals surface area contributed by atoms with Gasteiger partial charge in [0.05, 0.1) is 16.7 Å². The predicted molar refractivity (Wildman–Crippen MR) is 70.1 cm³/mol. The fourth-order valence-electron chi connectivity index (χ4n) is 2.12. The van der Waals surface area contributed by atoms with Gasteiger partial charge in [-0.25, -0.2) is 18.2 Å². The fraction of sp³-hybridized carbons (Fsp3) is 0.0714. The van der Waals surface area contributed by atoms with Gasteiger partial charge in [-0.3, -0.25) is 4.57 Å². The van der Waals surface area contributed by atoms with Crippen LogP contribution >= 0.6 is 0 Å². The van der Waals surface area contributed by atoms with Gasteiger partial charge in [0.15, 0.2) is 11.6 Å². The van der Waals surface area contributed by atoms with Crippen LogP contribution in [0.5, 0.6) is 0 Å². The highest BCUT2D eigenvalue weighted by atomic mass is 19.2. The summed E-state index contributed by atoms with van der Waals surface area (Å²) in [5.41, 5.74) is 7.42. The second-order valence-corrected chi connectivity index (χ2v) is 4.49. The standard InChI is InChI=1S/C14H10F3N3/c1-7-4-13-12(6-10(7)16)19-14(18)20(13)8-2-3-9(15)11(17)5-8/h2-6H,1H3,(H2,18,19). The Kier molecular flexibility index (Phi) is 2.67. The van der Waals surface area contributed by atoms with Crippen LogP contribution in [-0.4, -0.2) is 9.55 Å². The molecular weight excluding hydrogens is 267 g/mol. The van der Waals surface area contributed by atoms with Gasteiger partial charge in [-0.2, -0.15) is 0 Å². The Morgan fingerprint density at radius 3 is 2.45 bits per heavy atom. The van der Waals surface area contributed by atoms with Gasteiger partial charge in [0.1, 0.15) is 5.82 Å². The van der Waals surface area contributed by atoms with Gasteiger partial charge in [-0.15, -0.1) is 0 Å². The zero-order valence-corrected chi connectivity index (χ0v) is 10.5. The molecule has 0 atom stereocenters. The number of hydrogen-bond acceptors (Lipinski definition) is 2. The van der Waals surface area contributed by atoms with Gasteiger partial charge in [-0.05, 0) is 30.7 Å². The minimum absolute atomic E-state index is 0.0796. The number of fused-ring (bicyclic) bond motifs is 1. The number of benzene rings is 2. The summed E-state index contributed by atoms with van der Waals surface area (Å²) in [6.45, 7) is 1.60. The summed E-state index contributed by atoms with van der Waals surface area (Å²) in [5, 5.41) is 0. The minimum Gasteiger partial charge on any atom is -0.369 e. The molecule has 0 saturated heterocycles. The molecule has 3 rings (SSSR count). The van der Waals surface area contributed by atoms with E-state index in [2.05, 4.69) is 4.98 Å². The Morgan fingerprint density at radius 2 is 1.75 bits per heavy atom. The number of hydrogen-bond donors (Lipinski definition) is 1. The van der Waals surface area contributed by atoms with Gasteiger partial charge in [0, 0.05) is 12.1 Å². The summed E-state index contributed by atoms with van der Waals surface area (Å²) in [6, 6.07) is 6.24. The Hall–Kier alpha value is -2.50. The van der Waals surface area contributed by atoms with Gasteiger partial charge in [0.25, 0.3) is 0 Å². The van der Waals surface area contributed by atoms with Gasteiger partial charge in [-0.1, -0.05) is 0 Å². The smallest absolute Gasteiger partial charge is 0.205 e. The monoisotopic (exact) mass is 277 g/mol. The Labute approximate surface area is 112 Å². The molecule has 2 N–H and O–H groups in total. The maximum absolute atomic E-state index is 13.5. The van der Waals surface area contributed by atoms with Crippen molar-refractivity contribution in [3.8, 4) is 5.69 Å². The summed E-state index contributed by atoms with van der Waals surface area (Å²) >= 11 is 0. The minimum atomic E-state index is -0.984. The number of halogens is 3. The molecule has 0 radical (unpaired) electrons. The third-order valence-electron chi connectivity index (χ3n) is 3.12. The van der Waals surface area contributed by atoms with Crippen LogP contribution in [0.25, 0.3) is 16.7 Å². The lowest BCUT2D eigenvalue weighted by atomic mass is 10.2. The largest absolute Gasteiger partial charge is 0.369 e. The van der Waals surface area contributed by atoms with Crippen molar-refractivity contribution in [3.05, 3.63) is 53.3 Å². The van der Waals surface area contributed by atoms with E-state index in [0.717, 1.165) is 12.1 Å². The molecule has 20 heavy (non-hydrogen) atoms. The molecule has 0 unspecified atom stereocenters. The third-order valence-corrected chi connectivity index (χ3v) is 3.12. The Bertz CT molecular complexity index is 824. The molecule has 0 fully saturated rings. The van der Waals surface area contributed by atoms with E-state index in [1.165, 1.54) is 16.7 Å². The topological polar surface area (TPSA) is 43.8 Å². The molecule has 0 aliphatic rings. The molecule has 3 nitrogen and oxygen atoms in total. The predicted octanol–water partition coefficient (Wildman–Crippen LogP) is 3.33. The highest BCUT2D eigenvalue weighted by Gasteiger charge is 2.14. The normalized spacial score (nSPS) is 11.2. The average Bonchev–Trinajstić information content (AvgIpc) is 2.69. The summed E-state index contributed by atoms with van der Waals surface area (Å²) in [5.74, 6) is -2.25. The van der Waals surface area contributed by atoms with E-state index in [1.54, 1.807) is 13.0 Å². The maximum Gasteiger partial charge on any atom is 0.205 e. The molecule has 102 valence electrons. The van der Waals surface area contributed by atoms with Crippen molar-refractivity contribution < 1.29 is 13.2 Å². The van der Waals surface area contributed by atoms with E-state index in [4.69, 9.17) is 5.73 Å². The zero-order valence-electron chi connectivity index (χ0n) is 10.5. The molecule has 2 aromatic carbocycles. The number of aromatic nitrogens is 2. The number of imidazole rings is 1. The summed E-state index contributed by atoms with van der Waals surface area (Å²) in [7, 11) is 0. The first-order valence-corrected chi connectivity index (χ1v) is 5.87. The van der Waals surface area contributed by atoms with Crippen LogP contribution in [0, 0.1) is 24.4 Å².